The second-order valence-electron chi connectivity index (χ2n) is 6.49. The summed E-state index contributed by atoms with van der Waals surface area (Å²) in [6, 6.07) is 8.48. The van der Waals surface area contributed by atoms with Crippen molar-refractivity contribution in [3.63, 3.8) is 0 Å². The summed E-state index contributed by atoms with van der Waals surface area (Å²) in [6.45, 7) is 4.93. The number of aromatic nitrogens is 1. The smallest absolute Gasteiger partial charge is 0.223 e. The average Bonchev–Trinajstić information content (AvgIpc) is 2.97. The first-order chi connectivity index (χ1) is 12.1. The molecule has 1 aliphatic rings. The lowest BCUT2D eigenvalue weighted by atomic mass is 10.1. The van der Waals surface area contributed by atoms with Crippen molar-refractivity contribution in [1.82, 2.24) is 9.88 Å². The lowest BCUT2D eigenvalue weighted by Gasteiger charge is -2.16. The van der Waals surface area contributed by atoms with Crippen LogP contribution >= 0.6 is 11.8 Å². The van der Waals surface area contributed by atoms with Gasteiger partial charge in [-0.1, -0.05) is 6.07 Å². The summed E-state index contributed by atoms with van der Waals surface area (Å²) in [5, 5.41) is 4.61. The Morgan fingerprint density at radius 2 is 2.24 bits per heavy atom. The number of rotatable bonds is 7. The van der Waals surface area contributed by atoms with Gasteiger partial charge >= 0.3 is 0 Å². The zero-order valence-electron chi connectivity index (χ0n) is 15.0. The summed E-state index contributed by atoms with van der Waals surface area (Å²) in [6.07, 6.45) is 2.67. The van der Waals surface area contributed by atoms with E-state index in [0.29, 0.717) is 25.5 Å². The Labute approximate surface area is 153 Å². The van der Waals surface area contributed by atoms with E-state index < -0.39 is 0 Å². The molecule has 3 rings (SSSR count). The van der Waals surface area contributed by atoms with Gasteiger partial charge in [-0.3, -0.25) is 4.79 Å². The summed E-state index contributed by atoms with van der Waals surface area (Å²) >= 11 is 1.72. The van der Waals surface area contributed by atoms with Crippen molar-refractivity contribution in [1.29, 1.82) is 0 Å². The number of thioether (sulfide) groups is 1. The van der Waals surface area contributed by atoms with E-state index in [1.165, 1.54) is 15.8 Å². The minimum atomic E-state index is 0.219. The highest BCUT2D eigenvalue weighted by Crippen LogP contribution is 2.25. The van der Waals surface area contributed by atoms with Gasteiger partial charge in [-0.15, -0.1) is 11.8 Å². The van der Waals surface area contributed by atoms with Crippen molar-refractivity contribution in [2.75, 3.05) is 44.9 Å². The van der Waals surface area contributed by atoms with Crippen LogP contribution in [0.1, 0.15) is 12.0 Å². The Balaban J connectivity index is 1.66. The summed E-state index contributed by atoms with van der Waals surface area (Å²) in [5.41, 5.74) is 2.22. The van der Waals surface area contributed by atoms with Gasteiger partial charge in [-0.2, -0.15) is 0 Å². The van der Waals surface area contributed by atoms with Gasteiger partial charge in [-0.05, 0) is 36.9 Å². The summed E-state index contributed by atoms with van der Waals surface area (Å²) in [5.74, 6) is 1.42. The number of nitrogens with one attached hydrogen (secondary N) is 1. The third kappa shape index (κ3) is 4.25. The molecule has 1 fully saturated rings. The number of carbonyl (C=O) groups excluding carboxylic acids is 1. The van der Waals surface area contributed by atoms with Gasteiger partial charge in [0, 0.05) is 49.4 Å². The number of benzene rings is 1. The van der Waals surface area contributed by atoms with Crippen LogP contribution in [-0.2, 0) is 9.53 Å². The lowest BCUT2D eigenvalue weighted by Crippen LogP contribution is -2.29. The van der Waals surface area contributed by atoms with Gasteiger partial charge in [-0.25, -0.2) is 4.98 Å². The Bertz CT molecular complexity index is 766. The molecule has 2 aromatic rings. The van der Waals surface area contributed by atoms with E-state index in [-0.39, 0.29) is 5.91 Å². The number of amides is 1. The molecule has 1 aromatic heterocycles. The number of carbonyl (C=O) groups is 1. The topological polar surface area (TPSA) is 54.5 Å². The zero-order valence-corrected chi connectivity index (χ0v) is 15.9. The summed E-state index contributed by atoms with van der Waals surface area (Å²) in [7, 11) is 1.66. The van der Waals surface area contributed by atoms with Crippen molar-refractivity contribution in [2.45, 2.75) is 18.2 Å². The number of ether oxygens (including phenoxy) is 1. The minimum absolute atomic E-state index is 0.219. The molecule has 0 bridgehead atoms. The first-order valence-corrected chi connectivity index (χ1v) is 9.79. The molecule has 1 saturated heterocycles. The van der Waals surface area contributed by atoms with Gasteiger partial charge in [0.05, 0.1) is 12.1 Å². The van der Waals surface area contributed by atoms with E-state index in [4.69, 9.17) is 9.72 Å². The highest BCUT2D eigenvalue weighted by molar-refractivity contribution is 7.98. The molecule has 0 unspecified atom stereocenters. The van der Waals surface area contributed by atoms with Crippen LogP contribution in [0.2, 0.25) is 0 Å². The van der Waals surface area contributed by atoms with Crippen LogP contribution in [0.15, 0.2) is 29.2 Å². The molecule has 5 nitrogen and oxygen atoms in total. The number of methoxy groups -OCH3 is 1. The third-order valence-electron chi connectivity index (χ3n) is 4.66. The Kier molecular flexibility index (Phi) is 5.81. The molecule has 0 spiro atoms. The van der Waals surface area contributed by atoms with E-state index in [2.05, 4.69) is 42.8 Å². The van der Waals surface area contributed by atoms with E-state index in [1.807, 2.05) is 4.90 Å². The molecule has 1 aromatic carbocycles. The Hall–Kier alpha value is -1.79. The fourth-order valence-electron chi connectivity index (χ4n) is 3.26. The van der Waals surface area contributed by atoms with Crippen LogP contribution in [0.3, 0.4) is 0 Å². The second-order valence-corrected chi connectivity index (χ2v) is 7.37. The second kappa shape index (κ2) is 8.06. The third-order valence-corrected chi connectivity index (χ3v) is 5.38. The average molecular weight is 359 g/mol. The van der Waals surface area contributed by atoms with Crippen LogP contribution < -0.4 is 5.32 Å². The van der Waals surface area contributed by atoms with Crippen LogP contribution in [-0.4, -0.2) is 55.4 Å². The number of aryl methyl sites for hydroxylation is 1. The molecule has 1 amide bonds. The van der Waals surface area contributed by atoms with Gasteiger partial charge in [0.2, 0.25) is 5.91 Å². The molecule has 0 radical (unpaired) electrons. The maximum atomic E-state index is 12.0. The first kappa shape index (κ1) is 18.0. The number of nitrogens with zero attached hydrogens (tertiary/aromatic N) is 2. The normalized spacial score (nSPS) is 17.5. The predicted octanol–water partition coefficient (Wildman–Crippen LogP) is 3.17. The fourth-order valence-corrected chi connectivity index (χ4v) is 3.69. The molecule has 6 heteroatoms. The van der Waals surface area contributed by atoms with Crippen LogP contribution in [0.4, 0.5) is 5.82 Å². The van der Waals surface area contributed by atoms with E-state index >= 15 is 0 Å². The minimum Gasteiger partial charge on any atom is -0.383 e. The molecule has 134 valence electrons. The van der Waals surface area contributed by atoms with E-state index in [9.17, 15) is 4.79 Å². The number of likely N-dealkylation sites (tertiary alicyclic amines) is 1. The highest BCUT2D eigenvalue weighted by atomic mass is 32.2. The quantitative estimate of drug-likeness (QED) is 0.770. The number of fused-ring (bicyclic) bond motifs is 1. The molecule has 1 atom stereocenters. The van der Waals surface area contributed by atoms with Gasteiger partial charge in [0.15, 0.2) is 0 Å². The molecule has 0 saturated carbocycles. The fraction of sp³-hybridized carbons (Fsp3) is 0.474. The number of anilines is 1. The SMILES string of the molecule is COCCN1C[C@@H](CNc2cc(C)c3ccc(SC)cc3n2)CC1=O. The van der Waals surface area contributed by atoms with Gasteiger partial charge < -0.3 is 15.0 Å². The lowest BCUT2D eigenvalue weighted by molar-refractivity contribution is -0.128. The van der Waals surface area contributed by atoms with Crippen molar-refractivity contribution in [2.24, 2.45) is 5.92 Å². The van der Waals surface area contributed by atoms with E-state index in [0.717, 1.165) is 24.4 Å². The van der Waals surface area contributed by atoms with E-state index in [1.54, 1.807) is 18.9 Å². The maximum Gasteiger partial charge on any atom is 0.223 e. The molecule has 1 aliphatic heterocycles. The van der Waals surface area contributed by atoms with Crippen LogP contribution in [0, 0.1) is 12.8 Å². The number of pyridine rings is 1. The van der Waals surface area contributed by atoms with Crippen molar-refractivity contribution in [3.05, 3.63) is 29.8 Å². The highest BCUT2D eigenvalue weighted by Gasteiger charge is 2.28. The largest absolute Gasteiger partial charge is 0.383 e. The van der Waals surface area contributed by atoms with Crippen molar-refractivity contribution < 1.29 is 9.53 Å². The monoisotopic (exact) mass is 359 g/mol. The molecular weight excluding hydrogens is 334 g/mol. The van der Waals surface area contributed by atoms with Crippen molar-refractivity contribution >= 4 is 34.4 Å². The van der Waals surface area contributed by atoms with Crippen LogP contribution in [0.5, 0.6) is 0 Å². The summed E-state index contributed by atoms with van der Waals surface area (Å²) in [4.78, 5) is 19.9. The maximum absolute atomic E-state index is 12.0. The summed E-state index contributed by atoms with van der Waals surface area (Å²) < 4.78 is 5.07. The molecule has 1 N–H and O–H groups in total. The van der Waals surface area contributed by atoms with Gasteiger partial charge in [0.1, 0.15) is 5.82 Å². The standard InChI is InChI=1S/C19H25N3O2S/c1-13-8-18(21-17-10-15(25-3)4-5-16(13)17)20-11-14-9-19(23)22(12-14)6-7-24-2/h4-5,8,10,14H,6-7,9,11-12H2,1-3H3,(H,20,21)/t14-/m1/s1. The Morgan fingerprint density at radius 3 is 3.00 bits per heavy atom. The molecule has 2 heterocycles. The Morgan fingerprint density at radius 1 is 1.40 bits per heavy atom. The molecular formula is C19H25N3O2S. The molecule has 25 heavy (non-hydrogen) atoms. The number of hydrogen-bond donors (Lipinski definition) is 1. The number of hydrogen-bond acceptors (Lipinski definition) is 5. The van der Waals surface area contributed by atoms with Gasteiger partial charge in [0.25, 0.3) is 0 Å². The van der Waals surface area contributed by atoms with Crippen molar-refractivity contribution in [3.8, 4) is 0 Å². The van der Waals surface area contributed by atoms with Crippen LogP contribution in [0.25, 0.3) is 10.9 Å². The zero-order chi connectivity index (χ0) is 17.8. The predicted molar refractivity (Wildman–Crippen MR) is 103 cm³/mol. The first-order valence-electron chi connectivity index (χ1n) is 8.56. The molecule has 0 aliphatic carbocycles.